The van der Waals surface area contributed by atoms with E-state index in [0.29, 0.717) is 0 Å². The molecule has 1 saturated heterocycles. The van der Waals surface area contributed by atoms with Crippen LogP contribution in [0.3, 0.4) is 0 Å². The second kappa shape index (κ2) is 6.11. The van der Waals surface area contributed by atoms with Crippen molar-refractivity contribution in [1.82, 2.24) is 29.5 Å². The summed E-state index contributed by atoms with van der Waals surface area (Å²) in [6, 6.07) is 4.60. The third kappa shape index (κ3) is 2.62. The number of anilines is 2. The molecule has 27 heavy (non-hydrogen) atoms. The maximum atomic E-state index is 13.7. The van der Waals surface area contributed by atoms with E-state index in [1.165, 1.54) is 18.5 Å². The summed E-state index contributed by atoms with van der Waals surface area (Å²) in [5, 5.41) is 9.13. The number of fused-ring (bicyclic) bond motifs is 2. The molecule has 0 atom stereocenters. The van der Waals surface area contributed by atoms with E-state index in [-0.39, 0.29) is 5.82 Å². The molecule has 0 amide bonds. The normalized spacial score (nSPS) is 15.0. The summed E-state index contributed by atoms with van der Waals surface area (Å²) in [6.07, 6.45) is 5.17. The van der Waals surface area contributed by atoms with Crippen LogP contribution in [0.1, 0.15) is 5.82 Å². The average molecular weight is 364 g/mol. The number of nitrogens with zero attached hydrogens (tertiary/aromatic N) is 8. The first-order valence-electron chi connectivity index (χ1n) is 8.77. The van der Waals surface area contributed by atoms with Crippen LogP contribution in [0.5, 0.6) is 0 Å². The molecule has 1 aliphatic heterocycles. The van der Waals surface area contributed by atoms with Crippen LogP contribution in [0.4, 0.5) is 16.0 Å². The van der Waals surface area contributed by atoms with E-state index in [1.54, 1.807) is 12.3 Å². The fourth-order valence-corrected chi connectivity index (χ4v) is 3.55. The highest BCUT2D eigenvalue weighted by atomic mass is 19.1. The summed E-state index contributed by atoms with van der Waals surface area (Å²) in [5.41, 5.74) is 1.51. The molecule has 4 heterocycles. The van der Waals surface area contributed by atoms with Gasteiger partial charge in [0.15, 0.2) is 5.82 Å². The summed E-state index contributed by atoms with van der Waals surface area (Å²) in [7, 11) is 0. The molecule has 0 radical (unpaired) electrons. The Kier molecular flexibility index (Phi) is 3.59. The molecular formula is C18H17FN8. The molecule has 9 heteroatoms. The van der Waals surface area contributed by atoms with E-state index in [9.17, 15) is 4.39 Å². The van der Waals surface area contributed by atoms with Crippen LogP contribution in [0.2, 0.25) is 0 Å². The summed E-state index contributed by atoms with van der Waals surface area (Å²) in [6.45, 7) is 4.94. The van der Waals surface area contributed by atoms with Gasteiger partial charge in [-0.05, 0) is 25.1 Å². The molecule has 0 N–H and O–H groups in total. The first kappa shape index (κ1) is 15.9. The lowest BCUT2D eigenvalue weighted by molar-refractivity contribution is 0.628. The maximum Gasteiger partial charge on any atom is 0.203 e. The smallest absolute Gasteiger partial charge is 0.203 e. The van der Waals surface area contributed by atoms with E-state index in [2.05, 4.69) is 34.9 Å². The first-order chi connectivity index (χ1) is 13.2. The second-order valence-corrected chi connectivity index (χ2v) is 6.52. The standard InChI is InChI=1S/C18H17FN8/c1-12-23-24-18-17(20-4-5-27(12)18)26-8-6-25(7-9-26)16-14-10-13(19)2-3-15(14)21-11-22-16/h2-5,10-11H,6-9H2,1H3. The van der Waals surface area contributed by atoms with Gasteiger partial charge in [-0.25, -0.2) is 19.3 Å². The topological polar surface area (TPSA) is 75.3 Å². The van der Waals surface area contributed by atoms with Gasteiger partial charge in [0.2, 0.25) is 5.65 Å². The predicted molar refractivity (Wildman–Crippen MR) is 99.4 cm³/mol. The van der Waals surface area contributed by atoms with Crippen molar-refractivity contribution >= 4 is 28.2 Å². The third-order valence-electron chi connectivity index (χ3n) is 4.93. The van der Waals surface area contributed by atoms with E-state index < -0.39 is 0 Å². The SMILES string of the molecule is Cc1nnc2c(N3CCN(c4ncnc5ccc(F)cc45)CC3)nccn12. The Morgan fingerprint density at radius 1 is 0.926 bits per heavy atom. The van der Waals surface area contributed by atoms with Crippen LogP contribution in [-0.2, 0) is 0 Å². The quantitative estimate of drug-likeness (QED) is 0.537. The van der Waals surface area contributed by atoms with Gasteiger partial charge in [-0.3, -0.25) is 4.40 Å². The maximum absolute atomic E-state index is 13.7. The molecule has 4 aromatic rings. The van der Waals surface area contributed by atoms with Crippen molar-refractivity contribution in [3.05, 3.63) is 48.6 Å². The lowest BCUT2D eigenvalue weighted by Gasteiger charge is -2.36. The Bertz CT molecular complexity index is 1130. The van der Waals surface area contributed by atoms with Gasteiger partial charge in [-0.2, -0.15) is 0 Å². The molecular weight excluding hydrogens is 347 g/mol. The predicted octanol–water partition coefficient (Wildman–Crippen LogP) is 1.84. The van der Waals surface area contributed by atoms with Gasteiger partial charge in [0.25, 0.3) is 0 Å². The molecule has 0 spiro atoms. The van der Waals surface area contributed by atoms with Crippen LogP contribution < -0.4 is 9.80 Å². The Hall–Kier alpha value is -3.36. The highest BCUT2D eigenvalue weighted by Crippen LogP contribution is 2.26. The van der Waals surface area contributed by atoms with Crippen molar-refractivity contribution in [2.24, 2.45) is 0 Å². The van der Waals surface area contributed by atoms with Gasteiger partial charge in [0.05, 0.1) is 5.52 Å². The molecule has 1 fully saturated rings. The number of aryl methyl sites for hydroxylation is 1. The Morgan fingerprint density at radius 2 is 1.70 bits per heavy atom. The molecule has 8 nitrogen and oxygen atoms in total. The molecule has 0 bridgehead atoms. The van der Waals surface area contributed by atoms with Gasteiger partial charge >= 0.3 is 0 Å². The number of halogens is 1. The minimum Gasteiger partial charge on any atom is -0.352 e. The Morgan fingerprint density at radius 3 is 2.52 bits per heavy atom. The minimum atomic E-state index is -0.282. The minimum absolute atomic E-state index is 0.282. The molecule has 0 saturated carbocycles. The first-order valence-corrected chi connectivity index (χ1v) is 8.77. The van der Waals surface area contributed by atoms with Gasteiger partial charge in [0.1, 0.15) is 23.8 Å². The lowest BCUT2D eigenvalue weighted by atomic mass is 10.2. The monoisotopic (exact) mass is 364 g/mol. The summed E-state index contributed by atoms with van der Waals surface area (Å²) >= 11 is 0. The zero-order valence-corrected chi connectivity index (χ0v) is 14.7. The summed E-state index contributed by atoms with van der Waals surface area (Å²) < 4.78 is 15.7. The van der Waals surface area contributed by atoms with Crippen molar-refractivity contribution in [2.45, 2.75) is 6.92 Å². The molecule has 1 aromatic carbocycles. The molecule has 1 aliphatic rings. The molecule has 136 valence electrons. The van der Waals surface area contributed by atoms with Crippen LogP contribution in [0.25, 0.3) is 16.6 Å². The van der Waals surface area contributed by atoms with E-state index in [1.807, 2.05) is 17.5 Å². The largest absolute Gasteiger partial charge is 0.352 e. The van der Waals surface area contributed by atoms with Gasteiger partial charge in [-0.15, -0.1) is 10.2 Å². The molecule has 3 aromatic heterocycles. The highest BCUT2D eigenvalue weighted by molar-refractivity contribution is 5.89. The number of piperazine rings is 1. The van der Waals surface area contributed by atoms with E-state index in [4.69, 9.17) is 0 Å². The molecule has 0 aliphatic carbocycles. The number of benzene rings is 1. The Balaban J connectivity index is 1.43. The van der Waals surface area contributed by atoms with Gasteiger partial charge < -0.3 is 9.80 Å². The zero-order chi connectivity index (χ0) is 18.4. The summed E-state index contributed by atoms with van der Waals surface area (Å²) in [4.78, 5) is 17.5. The number of hydrogen-bond acceptors (Lipinski definition) is 7. The zero-order valence-electron chi connectivity index (χ0n) is 14.7. The lowest BCUT2D eigenvalue weighted by Crippen LogP contribution is -2.47. The van der Waals surface area contributed by atoms with Crippen molar-refractivity contribution in [3.63, 3.8) is 0 Å². The van der Waals surface area contributed by atoms with E-state index in [0.717, 1.165) is 60.2 Å². The van der Waals surface area contributed by atoms with Crippen molar-refractivity contribution in [3.8, 4) is 0 Å². The van der Waals surface area contributed by atoms with Crippen molar-refractivity contribution < 1.29 is 4.39 Å². The second-order valence-electron chi connectivity index (χ2n) is 6.52. The van der Waals surface area contributed by atoms with Crippen molar-refractivity contribution in [1.29, 1.82) is 0 Å². The van der Waals surface area contributed by atoms with Crippen LogP contribution in [0, 0.1) is 12.7 Å². The van der Waals surface area contributed by atoms with E-state index >= 15 is 0 Å². The number of hydrogen-bond donors (Lipinski definition) is 0. The number of rotatable bonds is 2. The molecule has 0 unspecified atom stereocenters. The fraction of sp³-hybridized carbons (Fsp3) is 0.278. The average Bonchev–Trinajstić information content (AvgIpc) is 3.09. The fourth-order valence-electron chi connectivity index (χ4n) is 3.55. The van der Waals surface area contributed by atoms with Gasteiger partial charge in [0, 0.05) is 44.0 Å². The number of aromatic nitrogens is 6. The highest BCUT2D eigenvalue weighted by Gasteiger charge is 2.23. The van der Waals surface area contributed by atoms with Crippen molar-refractivity contribution in [2.75, 3.05) is 36.0 Å². The Labute approximate surface area is 154 Å². The van der Waals surface area contributed by atoms with Crippen LogP contribution >= 0.6 is 0 Å². The molecule has 5 rings (SSSR count). The van der Waals surface area contributed by atoms with Crippen LogP contribution in [0.15, 0.2) is 36.9 Å². The summed E-state index contributed by atoms with van der Waals surface area (Å²) in [5.74, 6) is 2.15. The van der Waals surface area contributed by atoms with Gasteiger partial charge in [-0.1, -0.05) is 0 Å². The van der Waals surface area contributed by atoms with Crippen LogP contribution in [-0.4, -0.2) is 55.7 Å². The third-order valence-corrected chi connectivity index (χ3v) is 4.93.